The van der Waals surface area contributed by atoms with Crippen molar-refractivity contribution in [3.63, 3.8) is 0 Å². The van der Waals surface area contributed by atoms with Crippen LogP contribution in [0.2, 0.25) is 0 Å². The summed E-state index contributed by atoms with van der Waals surface area (Å²) in [4.78, 5) is 14.9. The maximum Gasteiger partial charge on any atom is 0.271 e. The van der Waals surface area contributed by atoms with E-state index >= 15 is 0 Å². The first-order valence-electron chi connectivity index (χ1n) is 11.2. The van der Waals surface area contributed by atoms with Crippen LogP contribution < -0.4 is 5.43 Å². The van der Waals surface area contributed by atoms with Crippen LogP contribution >= 0.6 is 0 Å². The molecule has 3 aromatic rings. The van der Waals surface area contributed by atoms with E-state index in [9.17, 15) is 4.79 Å². The SMILES string of the molecule is CC(C)(C)c1ccc(/C=N\NC(=O)c2ccc(CN3CCc4ccccc4C3)cc2)cc1. The molecule has 0 bridgehead atoms. The van der Waals surface area contributed by atoms with Gasteiger partial charge < -0.3 is 0 Å². The number of carbonyl (C=O) groups excluding carboxylic acids is 1. The molecule has 4 rings (SSSR count). The minimum Gasteiger partial charge on any atom is -0.294 e. The Morgan fingerprint density at radius 2 is 1.66 bits per heavy atom. The van der Waals surface area contributed by atoms with Gasteiger partial charge in [0.15, 0.2) is 0 Å². The van der Waals surface area contributed by atoms with Crippen molar-refractivity contribution >= 4 is 12.1 Å². The molecule has 0 radical (unpaired) electrons. The standard InChI is InChI=1S/C28H31N3O/c1-28(2,3)26-14-10-21(11-15-26)18-29-30-27(32)24-12-8-22(9-13-24)19-31-17-16-23-6-4-5-7-25(23)20-31/h4-15,18H,16-17,19-20H2,1-3H3,(H,30,32)/b29-18-. The molecular formula is C28H31N3O. The average Bonchev–Trinajstić information content (AvgIpc) is 2.79. The smallest absolute Gasteiger partial charge is 0.271 e. The largest absolute Gasteiger partial charge is 0.294 e. The van der Waals surface area contributed by atoms with Crippen molar-refractivity contribution in [3.8, 4) is 0 Å². The van der Waals surface area contributed by atoms with Gasteiger partial charge in [0.05, 0.1) is 6.21 Å². The van der Waals surface area contributed by atoms with E-state index in [1.807, 2.05) is 36.4 Å². The number of nitrogens with zero attached hydrogens (tertiary/aromatic N) is 2. The summed E-state index contributed by atoms with van der Waals surface area (Å²) in [5.74, 6) is -0.203. The number of hydrazone groups is 1. The molecule has 0 atom stereocenters. The van der Waals surface area contributed by atoms with E-state index in [4.69, 9.17) is 0 Å². The van der Waals surface area contributed by atoms with Crippen molar-refractivity contribution in [1.29, 1.82) is 0 Å². The number of amides is 1. The molecule has 1 amide bonds. The minimum atomic E-state index is -0.203. The number of fused-ring (bicyclic) bond motifs is 1. The van der Waals surface area contributed by atoms with Crippen molar-refractivity contribution < 1.29 is 4.79 Å². The first-order chi connectivity index (χ1) is 15.4. The number of benzene rings is 3. The highest BCUT2D eigenvalue weighted by Crippen LogP contribution is 2.22. The second-order valence-corrected chi connectivity index (χ2v) is 9.50. The quantitative estimate of drug-likeness (QED) is 0.445. The molecular weight excluding hydrogens is 394 g/mol. The summed E-state index contributed by atoms with van der Waals surface area (Å²) in [6.07, 6.45) is 2.76. The second-order valence-electron chi connectivity index (χ2n) is 9.50. The first kappa shape index (κ1) is 22.0. The number of hydrogen-bond donors (Lipinski definition) is 1. The molecule has 0 spiro atoms. The van der Waals surface area contributed by atoms with Gasteiger partial charge in [0, 0.05) is 25.2 Å². The van der Waals surface area contributed by atoms with Crippen LogP contribution in [0, 0.1) is 0 Å². The average molecular weight is 426 g/mol. The van der Waals surface area contributed by atoms with Gasteiger partial charge in [0.25, 0.3) is 5.91 Å². The Morgan fingerprint density at radius 3 is 2.34 bits per heavy atom. The van der Waals surface area contributed by atoms with E-state index in [1.54, 1.807) is 6.21 Å². The molecule has 0 saturated heterocycles. The monoisotopic (exact) mass is 425 g/mol. The van der Waals surface area contributed by atoms with Crippen molar-refractivity contribution in [1.82, 2.24) is 10.3 Å². The van der Waals surface area contributed by atoms with Gasteiger partial charge in [-0.1, -0.05) is 81.4 Å². The highest BCUT2D eigenvalue weighted by atomic mass is 16.2. The summed E-state index contributed by atoms with van der Waals surface area (Å²) >= 11 is 0. The number of nitrogens with one attached hydrogen (secondary N) is 1. The Hall–Kier alpha value is -3.24. The lowest BCUT2D eigenvalue weighted by atomic mass is 9.87. The molecule has 1 N–H and O–H groups in total. The van der Waals surface area contributed by atoms with E-state index in [-0.39, 0.29) is 11.3 Å². The van der Waals surface area contributed by atoms with Gasteiger partial charge in [0.2, 0.25) is 0 Å². The van der Waals surface area contributed by atoms with Crippen molar-refractivity contribution in [3.05, 3.63) is 106 Å². The Bertz CT molecular complexity index is 1090. The molecule has 0 unspecified atom stereocenters. The predicted octanol–water partition coefficient (Wildman–Crippen LogP) is 5.31. The summed E-state index contributed by atoms with van der Waals surface area (Å²) < 4.78 is 0. The molecule has 0 aromatic heterocycles. The molecule has 4 heteroatoms. The highest BCUT2D eigenvalue weighted by molar-refractivity contribution is 5.94. The van der Waals surface area contributed by atoms with E-state index in [0.717, 1.165) is 31.6 Å². The summed E-state index contributed by atoms with van der Waals surface area (Å²) in [6.45, 7) is 9.49. The van der Waals surface area contributed by atoms with Gasteiger partial charge in [0.1, 0.15) is 0 Å². The normalized spacial score (nSPS) is 14.3. The van der Waals surface area contributed by atoms with Crippen LogP contribution in [0.1, 0.15) is 58.9 Å². The fraction of sp³-hybridized carbons (Fsp3) is 0.286. The molecule has 0 aliphatic carbocycles. The highest BCUT2D eigenvalue weighted by Gasteiger charge is 2.16. The fourth-order valence-electron chi connectivity index (χ4n) is 4.01. The van der Waals surface area contributed by atoms with Crippen LogP contribution in [-0.2, 0) is 24.9 Å². The summed E-state index contributed by atoms with van der Waals surface area (Å²) in [6, 6.07) is 24.7. The van der Waals surface area contributed by atoms with Gasteiger partial charge in [-0.25, -0.2) is 5.43 Å². The van der Waals surface area contributed by atoms with Crippen LogP contribution in [0.3, 0.4) is 0 Å². The van der Waals surface area contributed by atoms with Crippen LogP contribution in [0.5, 0.6) is 0 Å². The maximum atomic E-state index is 12.4. The zero-order valence-electron chi connectivity index (χ0n) is 19.1. The first-order valence-corrected chi connectivity index (χ1v) is 11.2. The van der Waals surface area contributed by atoms with Gasteiger partial charge in [-0.3, -0.25) is 9.69 Å². The summed E-state index contributed by atoms with van der Waals surface area (Å²) in [5.41, 5.74) is 9.67. The van der Waals surface area contributed by atoms with Crippen LogP contribution in [0.15, 0.2) is 77.9 Å². The maximum absolute atomic E-state index is 12.4. The van der Waals surface area contributed by atoms with Crippen LogP contribution in [-0.4, -0.2) is 23.6 Å². The molecule has 3 aromatic carbocycles. The predicted molar refractivity (Wildman–Crippen MR) is 131 cm³/mol. The Morgan fingerprint density at radius 1 is 0.969 bits per heavy atom. The summed E-state index contributed by atoms with van der Waals surface area (Å²) in [7, 11) is 0. The van der Waals surface area contributed by atoms with Crippen molar-refractivity contribution in [2.75, 3.05) is 6.54 Å². The van der Waals surface area contributed by atoms with Crippen molar-refractivity contribution in [2.45, 2.75) is 45.7 Å². The Balaban J connectivity index is 1.30. The lowest BCUT2D eigenvalue weighted by Crippen LogP contribution is -2.30. The molecule has 1 aliphatic heterocycles. The molecule has 164 valence electrons. The zero-order valence-corrected chi connectivity index (χ0v) is 19.1. The van der Waals surface area contributed by atoms with Crippen LogP contribution in [0.25, 0.3) is 0 Å². The third kappa shape index (κ3) is 5.51. The summed E-state index contributed by atoms with van der Waals surface area (Å²) in [5, 5.41) is 4.11. The van der Waals surface area contributed by atoms with Gasteiger partial charge in [-0.2, -0.15) is 5.10 Å². The zero-order chi connectivity index (χ0) is 22.6. The van der Waals surface area contributed by atoms with Crippen molar-refractivity contribution in [2.24, 2.45) is 5.10 Å². The fourth-order valence-corrected chi connectivity index (χ4v) is 4.01. The van der Waals surface area contributed by atoms with E-state index in [0.29, 0.717) is 5.56 Å². The molecule has 0 fully saturated rings. The van der Waals surface area contributed by atoms with E-state index < -0.39 is 0 Å². The third-order valence-corrected chi connectivity index (χ3v) is 5.99. The lowest BCUT2D eigenvalue weighted by molar-refractivity contribution is 0.0955. The second kappa shape index (κ2) is 9.49. The van der Waals surface area contributed by atoms with Gasteiger partial charge in [-0.15, -0.1) is 0 Å². The molecule has 32 heavy (non-hydrogen) atoms. The van der Waals surface area contributed by atoms with Gasteiger partial charge >= 0.3 is 0 Å². The third-order valence-electron chi connectivity index (χ3n) is 5.99. The molecule has 4 nitrogen and oxygen atoms in total. The topological polar surface area (TPSA) is 44.7 Å². The number of rotatable bonds is 5. The van der Waals surface area contributed by atoms with Crippen LogP contribution in [0.4, 0.5) is 0 Å². The molecule has 1 aliphatic rings. The lowest BCUT2D eigenvalue weighted by Gasteiger charge is -2.28. The van der Waals surface area contributed by atoms with E-state index in [1.165, 1.54) is 22.3 Å². The van der Waals surface area contributed by atoms with Gasteiger partial charge in [-0.05, 0) is 51.8 Å². The Labute approximate surface area is 191 Å². The molecule has 1 heterocycles. The number of carbonyl (C=O) groups is 1. The minimum absolute atomic E-state index is 0.120. The van der Waals surface area contributed by atoms with E-state index in [2.05, 4.69) is 72.6 Å². The molecule has 0 saturated carbocycles. The number of hydrogen-bond acceptors (Lipinski definition) is 3. The Kier molecular flexibility index (Phi) is 6.52.